The number of hydrogen-bond donors (Lipinski definition) is 1. The Morgan fingerprint density at radius 3 is 2.81 bits per heavy atom. The summed E-state index contributed by atoms with van der Waals surface area (Å²) in [5, 5.41) is 22.0. The van der Waals surface area contributed by atoms with Crippen LogP contribution < -0.4 is 0 Å². The first-order valence-corrected chi connectivity index (χ1v) is 7.84. The van der Waals surface area contributed by atoms with Crippen LogP contribution in [0.5, 0.6) is 0 Å². The van der Waals surface area contributed by atoms with Gasteiger partial charge in [0, 0.05) is 19.2 Å². The van der Waals surface area contributed by atoms with Crippen molar-refractivity contribution in [2.45, 2.75) is 44.9 Å². The highest BCUT2D eigenvalue weighted by Gasteiger charge is 2.13. The zero-order valence-corrected chi connectivity index (χ0v) is 13.0. The predicted molar refractivity (Wildman–Crippen MR) is 79.3 cm³/mol. The maximum absolute atomic E-state index is 10.7. The van der Waals surface area contributed by atoms with Crippen molar-refractivity contribution in [2.75, 3.05) is 5.75 Å². The first-order chi connectivity index (χ1) is 10.1. The van der Waals surface area contributed by atoms with Crippen LogP contribution >= 0.6 is 11.8 Å². The number of rotatable bonds is 8. The van der Waals surface area contributed by atoms with E-state index in [0.29, 0.717) is 18.2 Å². The van der Waals surface area contributed by atoms with Crippen molar-refractivity contribution in [3.63, 3.8) is 0 Å². The minimum atomic E-state index is -0.853. The molecule has 0 fully saturated rings. The lowest BCUT2D eigenvalue weighted by atomic mass is 10.3. The number of aliphatic carboxylic acids is 1. The van der Waals surface area contributed by atoms with Crippen LogP contribution in [0.2, 0.25) is 0 Å². The van der Waals surface area contributed by atoms with Crippen molar-refractivity contribution in [3.8, 4) is 0 Å². The van der Waals surface area contributed by atoms with Gasteiger partial charge in [-0.15, -0.1) is 10.2 Å². The smallest absolute Gasteiger partial charge is 0.313 e. The monoisotopic (exact) mass is 309 g/mol. The molecule has 0 bridgehead atoms. The lowest BCUT2D eigenvalue weighted by molar-refractivity contribution is -0.133. The second-order valence-corrected chi connectivity index (χ2v) is 5.71. The zero-order valence-electron chi connectivity index (χ0n) is 12.2. The molecule has 0 atom stereocenters. The van der Waals surface area contributed by atoms with Crippen LogP contribution in [-0.2, 0) is 24.3 Å². The largest absolute Gasteiger partial charge is 0.481 e. The molecule has 2 aromatic heterocycles. The van der Waals surface area contributed by atoms with Crippen LogP contribution in [0.15, 0.2) is 17.6 Å². The van der Waals surface area contributed by atoms with E-state index in [1.165, 1.54) is 11.8 Å². The average molecular weight is 309 g/mol. The van der Waals surface area contributed by atoms with Gasteiger partial charge in [-0.2, -0.15) is 5.10 Å². The number of thioether (sulfide) groups is 1. The van der Waals surface area contributed by atoms with Crippen molar-refractivity contribution < 1.29 is 9.90 Å². The van der Waals surface area contributed by atoms with Gasteiger partial charge < -0.3 is 9.67 Å². The Morgan fingerprint density at radius 2 is 2.19 bits per heavy atom. The van der Waals surface area contributed by atoms with Crippen LogP contribution in [0.25, 0.3) is 0 Å². The van der Waals surface area contributed by atoms with Gasteiger partial charge in [0.25, 0.3) is 0 Å². The molecule has 0 saturated carbocycles. The normalized spacial score (nSPS) is 11.0. The fraction of sp³-hybridized carbons (Fsp3) is 0.538. The van der Waals surface area contributed by atoms with E-state index in [4.69, 9.17) is 5.11 Å². The van der Waals surface area contributed by atoms with Crippen LogP contribution in [-0.4, -0.2) is 41.4 Å². The van der Waals surface area contributed by atoms with E-state index < -0.39 is 5.97 Å². The Hall–Kier alpha value is -1.83. The van der Waals surface area contributed by atoms with Gasteiger partial charge in [-0.05, 0) is 18.9 Å². The first kappa shape index (κ1) is 15.6. The van der Waals surface area contributed by atoms with E-state index in [1.807, 2.05) is 28.6 Å². The predicted octanol–water partition coefficient (Wildman–Crippen LogP) is 1.61. The van der Waals surface area contributed by atoms with Gasteiger partial charge >= 0.3 is 5.97 Å². The van der Waals surface area contributed by atoms with E-state index in [9.17, 15) is 4.79 Å². The summed E-state index contributed by atoms with van der Waals surface area (Å²) in [5.74, 6) is 0.0362. The topological polar surface area (TPSA) is 85.8 Å². The summed E-state index contributed by atoms with van der Waals surface area (Å²) >= 11 is 1.20. The molecule has 2 aromatic rings. The van der Waals surface area contributed by atoms with Crippen molar-refractivity contribution in [3.05, 3.63) is 23.8 Å². The fourth-order valence-corrected chi connectivity index (χ4v) is 2.68. The third-order valence-electron chi connectivity index (χ3n) is 2.91. The molecule has 0 aliphatic rings. The average Bonchev–Trinajstić information content (AvgIpc) is 3.01. The molecule has 21 heavy (non-hydrogen) atoms. The number of nitrogens with zero attached hydrogens (tertiary/aromatic N) is 5. The van der Waals surface area contributed by atoms with Gasteiger partial charge in [-0.3, -0.25) is 9.48 Å². The highest BCUT2D eigenvalue weighted by molar-refractivity contribution is 7.99. The van der Waals surface area contributed by atoms with E-state index in [0.717, 1.165) is 24.2 Å². The molecular formula is C13H19N5O2S. The van der Waals surface area contributed by atoms with E-state index >= 15 is 0 Å². The van der Waals surface area contributed by atoms with Crippen LogP contribution in [0.3, 0.4) is 0 Å². The maximum atomic E-state index is 10.7. The summed E-state index contributed by atoms with van der Waals surface area (Å²) in [7, 11) is 0. The first-order valence-electron chi connectivity index (χ1n) is 6.86. The molecule has 7 nitrogen and oxygen atoms in total. The van der Waals surface area contributed by atoms with Crippen molar-refractivity contribution in [2.24, 2.45) is 0 Å². The number of carboxylic acids is 1. The molecular weight excluding hydrogens is 290 g/mol. The fourth-order valence-electron chi connectivity index (χ4n) is 1.98. The Kier molecular flexibility index (Phi) is 5.38. The van der Waals surface area contributed by atoms with E-state index in [1.54, 1.807) is 0 Å². The Balaban J connectivity index is 2.09. The molecule has 2 heterocycles. The minimum Gasteiger partial charge on any atom is -0.481 e. The maximum Gasteiger partial charge on any atom is 0.313 e. The summed E-state index contributed by atoms with van der Waals surface area (Å²) in [5.41, 5.74) is 1.12. The molecule has 0 saturated heterocycles. The Morgan fingerprint density at radius 1 is 1.38 bits per heavy atom. The van der Waals surface area contributed by atoms with Gasteiger partial charge in [0.2, 0.25) is 0 Å². The number of aryl methyl sites for hydroxylation is 3. The summed E-state index contributed by atoms with van der Waals surface area (Å²) in [6.45, 7) is 5.48. The van der Waals surface area contributed by atoms with Crippen molar-refractivity contribution >= 4 is 17.7 Å². The second-order valence-electron chi connectivity index (χ2n) is 4.76. The number of carboxylic acid groups (broad SMARTS) is 1. The van der Waals surface area contributed by atoms with Crippen LogP contribution in [0.1, 0.15) is 24.7 Å². The number of carbonyl (C=O) groups is 1. The number of hydrogen-bond acceptors (Lipinski definition) is 5. The third-order valence-corrected chi connectivity index (χ3v) is 3.86. The Bertz CT molecular complexity index is 607. The van der Waals surface area contributed by atoms with Crippen LogP contribution in [0, 0.1) is 6.92 Å². The highest BCUT2D eigenvalue weighted by atomic mass is 32.2. The van der Waals surface area contributed by atoms with Gasteiger partial charge in [0.1, 0.15) is 5.82 Å². The SMILES string of the molecule is CCCc1nnc(SCC(=O)O)n1CCn1cc(C)cn1. The zero-order chi connectivity index (χ0) is 15.2. The van der Waals surface area contributed by atoms with Crippen LogP contribution in [0.4, 0.5) is 0 Å². The van der Waals surface area contributed by atoms with Gasteiger partial charge in [-0.1, -0.05) is 18.7 Å². The summed E-state index contributed by atoms with van der Waals surface area (Å²) in [6, 6.07) is 0. The molecule has 2 rings (SSSR count). The molecule has 114 valence electrons. The molecule has 0 aliphatic carbocycles. The molecule has 0 unspecified atom stereocenters. The quantitative estimate of drug-likeness (QED) is 0.746. The molecule has 0 spiro atoms. The van der Waals surface area contributed by atoms with Crippen molar-refractivity contribution in [1.82, 2.24) is 24.5 Å². The lowest BCUT2D eigenvalue weighted by Crippen LogP contribution is -2.12. The van der Waals surface area contributed by atoms with Crippen molar-refractivity contribution in [1.29, 1.82) is 0 Å². The third kappa shape index (κ3) is 4.32. The van der Waals surface area contributed by atoms with Gasteiger partial charge in [-0.25, -0.2) is 0 Å². The Labute approximate surface area is 127 Å². The summed E-state index contributed by atoms with van der Waals surface area (Å²) in [6.07, 6.45) is 5.61. The number of aromatic nitrogens is 5. The van der Waals surface area contributed by atoms with Gasteiger partial charge in [0.05, 0.1) is 18.5 Å². The molecule has 0 radical (unpaired) electrons. The second kappa shape index (κ2) is 7.26. The molecule has 1 N–H and O–H groups in total. The lowest BCUT2D eigenvalue weighted by Gasteiger charge is -2.09. The highest BCUT2D eigenvalue weighted by Crippen LogP contribution is 2.18. The van der Waals surface area contributed by atoms with Gasteiger partial charge in [0.15, 0.2) is 5.16 Å². The van der Waals surface area contributed by atoms with E-state index in [-0.39, 0.29) is 5.75 Å². The van der Waals surface area contributed by atoms with E-state index in [2.05, 4.69) is 22.2 Å². The molecule has 8 heteroatoms. The summed E-state index contributed by atoms with van der Waals surface area (Å²) in [4.78, 5) is 10.7. The molecule has 0 amide bonds. The minimum absolute atomic E-state index is 0.00879. The molecule has 0 aliphatic heterocycles. The standard InChI is InChI=1S/C13H19N5O2S/c1-3-4-11-15-16-13(21-9-12(19)20)18(11)6-5-17-8-10(2)7-14-17/h7-8H,3-6,9H2,1-2H3,(H,19,20). The molecule has 0 aromatic carbocycles. The summed E-state index contributed by atoms with van der Waals surface area (Å²) < 4.78 is 3.87.